The van der Waals surface area contributed by atoms with Crippen molar-refractivity contribution >= 4 is 16.7 Å². The average molecular weight is 496 g/mol. The third-order valence-corrected chi connectivity index (χ3v) is 7.60. The van der Waals surface area contributed by atoms with Crippen LogP contribution in [0.15, 0.2) is 65.6 Å². The molecule has 3 aromatic carbocycles. The first-order valence-electron chi connectivity index (χ1n) is 11.2. The van der Waals surface area contributed by atoms with Crippen molar-refractivity contribution in [3.63, 3.8) is 0 Å². The summed E-state index contributed by atoms with van der Waals surface area (Å²) in [7, 11) is 4.97. The highest BCUT2D eigenvalue weighted by molar-refractivity contribution is 7.85. The predicted octanol–water partition coefficient (Wildman–Crippen LogP) is 4.15. The zero-order valence-electron chi connectivity index (χ0n) is 20.3. The van der Waals surface area contributed by atoms with Gasteiger partial charge >= 0.3 is 0 Å². The molecule has 0 fully saturated rings. The number of hydrogen-bond donors (Lipinski definition) is 0. The molecule has 1 aliphatic heterocycles. The van der Waals surface area contributed by atoms with Gasteiger partial charge in [0.15, 0.2) is 23.0 Å². The Balaban J connectivity index is 1.79. The fourth-order valence-electron chi connectivity index (χ4n) is 4.46. The van der Waals surface area contributed by atoms with Crippen LogP contribution in [0, 0.1) is 0 Å². The molecule has 3 aromatic rings. The van der Waals surface area contributed by atoms with Gasteiger partial charge in [-0.2, -0.15) is 0 Å². The molecule has 1 aliphatic rings. The normalized spacial score (nSPS) is 15.8. The van der Waals surface area contributed by atoms with Gasteiger partial charge in [-0.15, -0.1) is 0 Å². The number of para-hydroxylation sites is 1. The van der Waals surface area contributed by atoms with Gasteiger partial charge in [0.1, 0.15) is 0 Å². The Kier molecular flexibility index (Phi) is 7.60. The van der Waals surface area contributed by atoms with E-state index in [9.17, 15) is 9.00 Å². The Bertz CT molecular complexity index is 1230. The maximum absolute atomic E-state index is 13.5. The smallest absolute Gasteiger partial charge is 0.227 e. The third kappa shape index (κ3) is 4.98. The minimum Gasteiger partial charge on any atom is -0.493 e. The molecule has 1 heterocycles. The monoisotopic (exact) mass is 495 g/mol. The van der Waals surface area contributed by atoms with Crippen molar-refractivity contribution in [1.29, 1.82) is 0 Å². The summed E-state index contributed by atoms with van der Waals surface area (Å²) in [6.45, 7) is 0.281. The van der Waals surface area contributed by atoms with Crippen molar-refractivity contribution < 1.29 is 28.0 Å². The molecule has 0 N–H and O–H groups in total. The summed E-state index contributed by atoms with van der Waals surface area (Å²) in [5, 5.41) is 0. The topological polar surface area (TPSA) is 74.3 Å². The van der Waals surface area contributed by atoms with E-state index in [1.807, 2.05) is 60.7 Å². The summed E-state index contributed by atoms with van der Waals surface area (Å²) in [6.07, 6.45) is 0.205. The molecule has 2 atom stereocenters. The average Bonchev–Trinajstić information content (AvgIpc) is 2.89. The van der Waals surface area contributed by atoms with Crippen molar-refractivity contribution in [2.24, 2.45) is 0 Å². The minimum atomic E-state index is -1.33. The lowest BCUT2D eigenvalue weighted by Gasteiger charge is -2.38. The maximum Gasteiger partial charge on any atom is 0.227 e. The van der Waals surface area contributed by atoms with Crippen LogP contribution in [0.25, 0.3) is 0 Å². The summed E-state index contributed by atoms with van der Waals surface area (Å²) < 4.78 is 35.5. The minimum absolute atomic E-state index is 0.0651. The number of fused-ring (bicyclic) bond motifs is 1. The van der Waals surface area contributed by atoms with Crippen LogP contribution in [0.4, 0.5) is 0 Å². The molecule has 4 rings (SSSR count). The molecule has 7 nitrogen and oxygen atoms in total. The van der Waals surface area contributed by atoms with Crippen LogP contribution in [-0.2, 0) is 28.6 Å². The molecule has 0 aromatic heterocycles. The quantitative estimate of drug-likeness (QED) is 0.444. The van der Waals surface area contributed by atoms with Crippen LogP contribution in [-0.4, -0.2) is 49.2 Å². The van der Waals surface area contributed by atoms with Gasteiger partial charge in [-0.05, 0) is 41.5 Å². The molecule has 184 valence electrons. The number of rotatable bonds is 9. The van der Waals surface area contributed by atoms with E-state index in [0.717, 1.165) is 16.7 Å². The second kappa shape index (κ2) is 10.8. The first-order valence-corrected chi connectivity index (χ1v) is 12.5. The molecule has 0 bridgehead atoms. The van der Waals surface area contributed by atoms with Crippen LogP contribution in [0.2, 0.25) is 0 Å². The highest BCUT2D eigenvalue weighted by Gasteiger charge is 2.35. The fraction of sp³-hybridized carbons (Fsp3) is 0.296. The number of benzene rings is 3. The molecule has 35 heavy (non-hydrogen) atoms. The highest BCUT2D eigenvalue weighted by Crippen LogP contribution is 2.41. The standard InChI is InChI=1S/C27H29NO6S/c1-31-23-12-8-9-18(27(23)34-4)16-28-22(17-35(30)20-10-6-5-7-11-20)21-15-25(33-3)24(32-2)13-19(21)14-26(28)29/h5-13,15,22H,14,16-17H2,1-4H3. The van der Waals surface area contributed by atoms with Crippen LogP contribution in [0.1, 0.15) is 22.7 Å². The summed E-state index contributed by atoms with van der Waals surface area (Å²) >= 11 is 0. The Labute approximate surface area is 208 Å². The molecule has 0 spiro atoms. The Morgan fingerprint density at radius 2 is 1.54 bits per heavy atom. The summed E-state index contributed by atoms with van der Waals surface area (Å²) in [5.41, 5.74) is 2.55. The van der Waals surface area contributed by atoms with E-state index in [2.05, 4.69) is 0 Å². The summed E-state index contributed by atoms with van der Waals surface area (Å²) in [4.78, 5) is 16.0. The first kappa shape index (κ1) is 24.6. The molecule has 8 heteroatoms. The van der Waals surface area contributed by atoms with Gasteiger partial charge in [-0.1, -0.05) is 30.3 Å². The van der Waals surface area contributed by atoms with Gasteiger partial charge in [0.2, 0.25) is 5.91 Å². The second-order valence-electron chi connectivity index (χ2n) is 8.10. The largest absolute Gasteiger partial charge is 0.493 e. The van der Waals surface area contributed by atoms with Crippen molar-refractivity contribution in [3.05, 3.63) is 77.4 Å². The molecule has 1 amide bonds. The van der Waals surface area contributed by atoms with Gasteiger partial charge in [0, 0.05) is 10.5 Å². The molecular formula is C27H29NO6S. The van der Waals surface area contributed by atoms with Crippen molar-refractivity contribution in [3.8, 4) is 23.0 Å². The lowest BCUT2D eigenvalue weighted by Crippen LogP contribution is -2.42. The van der Waals surface area contributed by atoms with E-state index in [1.165, 1.54) is 0 Å². The molecule has 0 radical (unpaired) electrons. The number of methoxy groups -OCH3 is 4. The number of hydrogen-bond acceptors (Lipinski definition) is 6. The van der Waals surface area contributed by atoms with Crippen molar-refractivity contribution in [2.45, 2.75) is 23.9 Å². The highest BCUT2D eigenvalue weighted by atomic mass is 32.2. The van der Waals surface area contributed by atoms with Crippen LogP contribution >= 0.6 is 0 Å². The van der Waals surface area contributed by atoms with E-state index in [-0.39, 0.29) is 24.6 Å². The van der Waals surface area contributed by atoms with E-state index in [4.69, 9.17) is 18.9 Å². The number of carbonyl (C=O) groups excluding carboxylic acids is 1. The van der Waals surface area contributed by atoms with Crippen molar-refractivity contribution in [2.75, 3.05) is 34.2 Å². The zero-order chi connectivity index (χ0) is 24.9. The predicted molar refractivity (Wildman–Crippen MR) is 134 cm³/mol. The van der Waals surface area contributed by atoms with E-state index in [0.29, 0.717) is 27.9 Å². The van der Waals surface area contributed by atoms with Crippen LogP contribution in [0.5, 0.6) is 23.0 Å². The molecular weight excluding hydrogens is 466 g/mol. The Morgan fingerprint density at radius 3 is 2.20 bits per heavy atom. The van der Waals surface area contributed by atoms with Gasteiger partial charge in [0.25, 0.3) is 0 Å². The van der Waals surface area contributed by atoms with E-state index < -0.39 is 16.8 Å². The van der Waals surface area contributed by atoms with Gasteiger partial charge in [-0.25, -0.2) is 0 Å². The Hall–Kier alpha value is -3.52. The Morgan fingerprint density at radius 1 is 0.857 bits per heavy atom. The molecule has 0 aliphatic carbocycles. The molecule has 2 unspecified atom stereocenters. The summed E-state index contributed by atoms with van der Waals surface area (Å²) in [6, 6.07) is 18.2. The lowest BCUT2D eigenvalue weighted by atomic mass is 9.91. The molecule has 0 saturated heterocycles. The van der Waals surface area contributed by atoms with Crippen LogP contribution < -0.4 is 18.9 Å². The number of carbonyl (C=O) groups is 1. The van der Waals surface area contributed by atoms with Gasteiger partial charge < -0.3 is 23.8 Å². The third-order valence-electron chi connectivity index (χ3n) is 6.18. The van der Waals surface area contributed by atoms with Gasteiger partial charge in [0.05, 0.1) is 64.0 Å². The van der Waals surface area contributed by atoms with E-state index >= 15 is 0 Å². The van der Waals surface area contributed by atoms with Gasteiger partial charge in [-0.3, -0.25) is 9.00 Å². The van der Waals surface area contributed by atoms with E-state index in [1.54, 1.807) is 33.3 Å². The lowest BCUT2D eigenvalue weighted by molar-refractivity contribution is -0.134. The number of nitrogens with zero attached hydrogens (tertiary/aromatic N) is 1. The second-order valence-corrected chi connectivity index (χ2v) is 9.59. The number of ether oxygens (including phenoxy) is 4. The maximum atomic E-state index is 13.5. The first-order chi connectivity index (χ1) is 17.0. The van der Waals surface area contributed by atoms with Crippen molar-refractivity contribution in [1.82, 2.24) is 4.90 Å². The fourth-order valence-corrected chi connectivity index (χ4v) is 5.76. The number of amides is 1. The summed E-state index contributed by atoms with van der Waals surface area (Å²) in [5.74, 6) is 2.46. The van der Waals surface area contributed by atoms with Crippen LogP contribution in [0.3, 0.4) is 0 Å². The zero-order valence-corrected chi connectivity index (χ0v) is 21.1. The molecule has 0 saturated carbocycles. The SMILES string of the molecule is COc1cc2c(cc1OC)C(CS(=O)c1ccccc1)N(Cc1cccc(OC)c1OC)C(=O)C2.